The average Bonchev–Trinajstić information content (AvgIpc) is 2.58. The molecular formula is C10H13N5. The lowest BCUT2D eigenvalue weighted by Gasteiger charge is -2.04. The molecule has 0 saturated heterocycles. The first-order valence-corrected chi connectivity index (χ1v) is 4.68. The van der Waals surface area contributed by atoms with Gasteiger partial charge in [0, 0.05) is 13.2 Å². The van der Waals surface area contributed by atoms with Gasteiger partial charge in [-0.1, -0.05) is 0 Å². The quantitative estimate of drug-likeness (QED) is 0.752. The molecule has 0 unspecified atom stereocenters. The molecule has 78 valence electrons. The van der Waals surface area contributed by atoms with E-state index in [-0.39, 0.29) is 0 Å². The summed E-state index contributed by atoms with van der Waals surface area (Å²) in [6.07, 6.45) is 1.85. The van der Waals surface area contributed by atoms with Crippen LogP contribution in [0.15, 0.2) is 12.3 Å². The Labute approximate surface area is 88.0 Å². The molecule has 2 rings (SSSR count). The van der Waals surface area contributed by atoms with Crippen molar-refractivity contribution in [1.29, 1.82) is 0 Å². The zero-order valence-corrected chi connectivity index (χ0v) is 9.02. The largest absolute Gasteiger partial charge is 0.382 e. The maximum atomic E-state index is 5.81. The van der Waals surface area contributed by atoms with Crippen molar-refractivity contribution >= 4 is 5.82 Å². The van der Waals surface area contributed by atoms with Crippen LogP contribution >= 0.6 is 0 Å². The maximum absolute atomic E-state index is 5.81. The van der Waals surface area contributed by atoms with Crippen LogP contribution in [-0.2, 0) is 7.05 Å². The summed E-state index contributed by atoms with van der Waals surface area (Å²) in [5.74, 6) is 0.428. The summed E-state index contributed by atoms with van der Waals surface area (Å²) in [6, 6.07) is 1.87. The second kappa shape index (κ2) is 3.34. The van der Waals surface area contributed by atoms with Crippen LogP contribution in [0.5, 0.6) is 0 Å². The summed E-state index contributed by atoms with van der Waals surface area (Å²) in [4.78, 5) is 8.62. The van der Waals surface area contributed by atoms with Crippen molar-refractivity contribution in [3.63, 3.8) is 0 Å². The SMILES string of the molecule is Cc1nc(N)c(-c2ccn(C)n2)nc1C. The molecule has 5 heteroatoms. The summed E-state index contributed by atoms with van der Waals surface area (Å²) in [5.41, 5.74) is 8.95. The molecule has 2 N–H and O–H groups in total. The third-order valence-electron chi connectivity index (χ3n) is 2.29. The van der Waals surface area contributed by atoms with Crippen LogP contribution in [0.2, 0.25) is 0 Å². The van der Waals surface area contributed by atoms with E-state index in [1.54, 1.807) is 4.68 Å². The van der Waals surface area contributed by atoms with Crippen molar-refractivity contribution in [2.24, 2.45) is 7.05 Å². The van der Waals surface area contributed by atoms with Crippen molar-refractivity contribution in [3.8, 4) is 11.4 Å². The molecule has 0 aliphatic carbocycles. The van der Waals surface area contributed by atoms with E-state index in [0.717, 1.165) is 17.1 Å². The first-order chi connectivity index (χ1) is 7.08. The minimum Gasteiger partial charge on any atom is -0.382 e. The molecular weight excluding hydrogens is 190 g/mol. The van der Waals surface area contributed by atoms with Gasteiger partial charge in [-0.15, -0.1) is 0 Å². The van der Waals surface area contributed by atoms with Crippen molar-refractivity contribution in [2.75, 3.05) is 5.73 Å². The summed E-state index contributed by atoms with van der Waals surface area (Å²) in [7, 11) is 1.86. The second-order valence-corrected chi connectivity index (χ2v) is 3.50. The van der Waals surface area contributed by atoms with Gasteiger partial charge in [-0.3, -0.25) is 4.68 Å². The number of hydrogen-bond donors (Lipinski definition) is 1. The smallest absolute Gasteiger partial charge is 0.152 e. The Hall–Kier alpha value is -1.91. The van der Waals surface area contributed by atoms with E-state index in [9.17, 15) is 0 Å². The van der Waals surface area contributed by atoms with E-state index in [4.69, 9.17) is 5.73 Å². The third kappa shape index (κ3) is 1.68. The van der Waals surface area contributed by atoms with Gasteiger partial charge in [-0.2, -0.15) is 5.10 Å². The fourth-order valence-corrected chi connectivity index (χ4v) is 1.35. The molecule has 0 radical (unpaired) electrons. The highest BCUT2D eigenvalue weighted by Gasteiger charge is 2.10. The van der Waals surface area contributed by atoms with E-state index in [2.05, 4.69) is 15.1 Å². The highest BCUT2D eigenvalue weighted by Crippen LogP contribution is 2.20. The Morgan fingerprint density at radius 2 is 1.87 bits per heavy atom. The lowest BCUT2D eigenvalue weighted by atomic mass is 10.2. The van der Waals surface area contributed by atoms with Crippen LogP contribution in [0.1, 0.15) is 11.4 Å². The van der Waals surface area contributed by atoms with Gasteiger partial charge in [0.25, 0.3) is 0 Å². The molecule has 0 fully saturated rings. The van der Waals surface area contributed by atoms with Crippen LogP contribution in [0, 0.1) is 13.8 Å². The normalized spacial score (nSPS) is 10.6. The Morgan fingerprint density at radius 1 is 1.20 bits per heavy atom. The molecule has 0 aliphatic heterocycles. The molecule has 15 heavy (non-hydrogen) atoms. The van der Waals surface area contributed by atoms with Gasteiger partial charge in [0.05, 0.1) is 11.4 Å². The van der Waals surface area contributed by atoms with E-state index in [1.807, 2.05) is 33.2 Å². The van der Waals surface area contributed by atoms with E-state index >= 15 is 0 Å². The first kappa shape index (κ1) is 9.64. The fourth-order valence-electron chi connectivity index (χ4n) is 1.35. The average molecular weight is 203 g/mol. The molecule has 0 aromatic carbocycles. The number of aryl methyl sites for hydroxylation is 3. The Kier molecular flexibility index (Phi) is 2.15. The minimum atomic E-state index is 0.428. The van der Waals surface area contributed by atoms with Gasteiger partial charge in [0.2, 0.25) is 0 Å². The highest BCUT2D eigenvalue weighted by atomic mass is 15.3. The van der Waals surface area contributed by atoms with E-state index in [0.29, 0.717) is 11.5 Å². The van der Waals surface area contributed by atoms with Crippen LogP contribution < -0.4 is 5.73 Å². The third-order valence-corrected chi connectivity index (χ3v) is 2.29. The zero-order chi connectivity index (χ0) is 11.0. The molecule has 0 amide bonds. The number of hydrogen-bond acceptors (Lipinski definition) is 4. The minimum absolute atomic E-state index is 0.428. The summed E-state index contributed by atoms with van der Waals surface area (Å²) in [6.45, 7) is 3.80. The van der Waals surface area contributed by atoms with Gasteiger partial charge < -0.3 is 5.73 Å². The van der Waals surface area contributed by atoms with Crippen molar-refractivity contribution in [3.05, 3.63) is 23.7 Å². The molecule has 2 aromatic rings. The van der Waals surface area contributed by atoms with Gasteiger partial charge in [0.15, 0.2) is 5.82 Å². The number of anilines is 1. The first-order valence-electron chi connectivity index (χ1n) is 4.68. The topological polar surface area (TPSA) is 69.6 Å². The van der Waals surface area contributed by atoms with Crippen molar-refractivity contribution < 1.29 is 0 Å². The lowest BCUT2D eigenvalue weighted by molar-refractivity contribution is 0.769. The van der Waals surface area contributed by atoms with Gasteiger partial charge in [0.1, 0.15) is 11.4 Å². The number of nitrogens with zero attached hydrogens (tertiary/aromatic N) is 4. The molecule has 0 bridgehead atoms. The summed E-state index contributed by atoms with van der Waals surface area (Å²) >= 11 is 0. The van der Waals surface area contributed by atoms with Crippen molar-refractivity contribution in [1.82, 2.24) is 19.7 Å². The van der Waals surface area contributed by atoms with Gasteiger partial charge in [-0.05, 0) is 19.9 Å². The molecule has 2 heterocycles. The second-order valence-electron chi connectivity index (χ2n) is 3.50. The number of rotatable bonds is 1. The monoisotopic (exact) mass is 203 g/mol. The van der Waals surface area contributed by atoms with Crippen LogP contribution in [0.25, 0.3) is 11.4 Å². The van der Waals surface area contributed by atoms with E-state index < -0.39 is 0 Å². The molecule has 2 aromatic heterocycles. The number of aromatic nitrogens is 4. The highest BCUT2D eigenvalue weighted by molar-refractivity contribution is 5.66. The maximum Gasteiger partial charge on any atom is 0.152 e. The Balaban J connectivity index is 2.58. The Morgan fingerprint density at radius 3 is 2.47 bits per heavy atom. The summed E-state index contributed by atoms with van der Waals surface area (Å²) < 4.78 is 1.71. The van der Waals surface area contributed by atoms with Gasteiger partial charge >= 0.3 is 0 Å². The predicted octanol–water partition coefficient (Wildman–Crippen LogP) is 1.08. The molecule has 0 saturated carbocycles. The lowest BCUT2D eigenvalue weighted by Crippen LogP contribution is -2.02. The molecule has 0 aliphatic rings. The van der Waals surface area contributed by atoms with Crippen molar-refractivity contribution in [2.45, 2.75) is 13.8 Å². The van der Waals surface area contributed by atoms with Crippen LogP contribution in [0.3, 0.4) is 0 Å². The van der Waals surface area contributed by atoms with Gasteiger partial charge in [-0.25, -0.2) is 9.97 Å². The van der Waals surface area contributed by atoms with Crippen LogP contribution in [-0.4, -0.2) is 19.7 Å². The van der Waals surface area contributed by atoms with E-state index in [1.165, 1.54) is 0 Å². The van der Waals surface area contributed by atoms with Crippen LogP contribution in [0.4, 0.5) is 5.82 Å². The predicted molar refractivity (Wildman–Crippen MR) is 58.1 cm³/mol. The fraction of sp³-hybridized carbons (Fsp3) is 0.300. The molecule has 0 spiro atoms. The standard InChI is InChI=1S/C10H13N5/c1-6-7(2)13-10(11)9(12-6)8-4-5-15(3)14-8/h4-5H,1-3H3,(H2,11,13). The Bertz CT molecular complexity index is 501. The number of nitrogens with two attached hydrogens (primary N) is 1. The number of nitrogen functional groups attached to an aromatic ring is 1. The zero-order valence-electron chi connectivity index (χ0n) is 9.02. The summed E-state index contributed by atoms with van der Waals surface area (Å²) in [5, 5.41) is 4.25. The molecule has 5 nitrogen and oxygen atoms in total. The molecule has 0 atom stereocenters.